The van der Waals surface area contributed by atoms with Gasteiger partial charge in [-0.25, -0.2) is 0 Å². The number of ether oxygens (including phenoxy) is 2. The number of amides is 1. The van der Waals surface area contributed by atoms with Crippen LogP contribution in [0.2, 0.25) is 0 Å². The molecular weight excluding hydrogens is 420 g/mol. The first-order chi connectivity index (χ1) is 16.0. The first-order valence-corrected chi connectivity index (χ1v) is 11.1. The second-order valence-electron chi connectivity index (χ2n) is 8.17. The summed E-state index contributed by atoms with van der Waals surface area (Å²) in [6.45, 7) is 7.38. The lowest BCUT2D eigenvalue weighted by Gasteiger charge is -2.37. The van der Waals surface area contributed by atoms with E-state index in [2.05, 4.69) is 47.1 Å². The number of nitrogens with zero attached hydrogens (tertiary/aromatic N) is 4. The van der Waals surface area contributed by atoms with Crippen molar-refractivity contribution in [1.82, 2.24) is 15.0 Å². The van der Waals surface area contributed by atoms with E-state index < -0.39 is 0 Å². The van der Waals surface area contributed by atoms with Crippen LogP contribution in [0.4, 0.5) is 5.69 Å². The van der Waals surface area contributed by atoms with Gasteiger partial charge < -0.3 is 23.8 Å². The Morgan fingerprint density at radius 1 is 1.03 bits per heavy atom. The Morgan fingerprint density at radius 2 is 1.79 bits per heavy atom. The minimum Gasteiger partial charge on any atom is -0.493 e. The molecular formula is C25H30N4O4. The predicted molar refractivity (Wildman–Crippen MR) is 126 cm³/mol. The molecule has 33 heavy (non-hydrogen) atoms. The van der Waals surface area contributed by atoms with Crippen molar-refractivity contribution in [2.45, 2.75) is 26.7 Å². The molecule has 0 atom stereocenters. The molecule has 0 bridgehead atoms. The van der Waals surface area contributed by atoms with Gasteiger partial charge in [0.2, 0.25) is 17.6 Å². The molecule has 2 aromatic carbocycles. The fourth-order valence-electron chi connectivity index (χ4n) is 4.10. The Kier molecular flexibility index (Phi) is 6.82. The van der Waals surface area contributed by atoms with E-state index in [4.69, 9.17) is 14.0 Å². The molecule has 1 saturated heterocycles. The summed E-state index contributed by atoms with van der Waals surface area (Å²) in [7, 11) is 3.17. The molecule has 0 spiro atoms. The van der Waals surface area contributed by atoms with Gasteiger partial charge in [-0.3, -0.25) is 4.79 Å². The van der Waals surface area contributed by atoms with Crippen LogP contribution in [-0.4, -0.2) is 61.3 Å². The van der Waals surface area contributed by atoms with Gasteiger partial charge >= 0.3 is 0 Å². The number of carbonyl (C=O) groups is 1. The molecule has 0 N–H and O–H groups in total. The Bertz CT molecular complexity index is 1120. The quantitative estimate of drug-likeness (QED) is 0.543. The van der Waals surface area contributed by atoms with Crippen molar-refractivity contribution in [1.29, 1.82) is 0 Å². The number of aromatic nitrogens is 2. The summed E-state index contributed by atoms with van der Waals surface area (Å²) >= 11 is 0. The third kappa shape index (κ3) is 4.94. The zero-order valence-electron chi connectivity index (χ0n) is 19.6. The lowest BCUT2D eigenvalue weighted by atomic mass is 10.1. The van der Waals surface area contributed by atoms with Gasteiger partial charge in [0.1, 0.15) is 0 Å². The van der Waals surface area contributed by atoms with Gasteiger partial charge in [0, 0.05) is 50.3 Å². The average Bonchev–Trinajstić information content (AvgIpc) is 3.33. The number of hydrogen-bond acceptors (Lipinski definition) is 7. The summed E-state index contributed by atoms with van der Waals surface area (Å²) in [6, 6.07) is 11.8. The molecule has 0 saturated carbocycles. The van der Waals surface area contributed by atoms with Gasteiger partial charge in [0.15, 0.2) is 11.5 Å². The molecule has 8 nitrogen and oxygen atoms in total. The zero-order chi connectivity index (χ0) is 23.4. The largest absolute Gasteiger partial charge is 0.493 e. The van der Waals surface area contributed by atoms with Crippen LogP contribution in [0.15, 0.2) is 40.9 Å². The molecule has 1 fully saturated rings. The van der Waals surface area contributed by atoms with Crippen molar-refractivity contribution in [3.05, 3.63) is 53.4 Å². The van der Waals surface area contributed by atoms with Gasteiger partial charge in [-0.1, -0.05) is 17.3 Å². The standard InChI is InChI=1S/C25H30N4O4/c1-17-6-5-7-20(18(17)2)28-12-14-29(15-13-28)24(30)11-10-23-26-25(27-33-23)19-8-9-21(31-3)22(16-19)32-4/h5-9,16H,10-15H2,1-4H3. The Morgan fingerprint density at radius 3 is 2.52 bits per heavy atom. The normalized spacial score (nSPS) is 13.8. The maximum Gasteiger partial charge on any atom is 0.227 e. The van der Waals surface area contributed by atoms with Crippen molar-refractivity contribution in [3.8, 4) is 22.9 Å². The van der Waals surface area contributed by atoms with Crippen molar-refractivity contribution < 1.29 is 18.8 Å². The number of methoxy groups -OCH3 is 2. The smallest absolute Gasteiger partial charge is 0.227 e. The third-order valence-electron chi connectivity index (χ3n) is 6.21. The highest BCUT2D eigenvalue weighted by Gasteiger charge is 2.23. The SMILES string of the molecule is COc1ccc(-c2noc(CCC(=O)N3CCN(c4cccc(C)c4C)CC3)n2)cc1OC. The van der Waals surface area contributed by atoms with Crippen molar-refractivity contribution in [2.75, 3.05) is 45.3 Å². The van der Waals surface area contributed by atoms with Gasteiger partial charge in [0.25, 0.3) is 0 Å². The van der Waals surface area contributed by atoms with Crippen molar-refractivity contribution in [3.63, 3.8) is 0 Å². The van der Waals surface area contributed by atoms with Crippen LogP contribution in [0.5, 0.6) is 11.5 Å². The monoisotopic (exact) mass is 450 g/mol. The minimum absolute atomic E-state index is 0.112. The number of carbonyl (C=O) groups excluding carboxylic acids is 1. The molecule has 1 aliphatic rings. The topological polar surface area (TPSA) is 80.9 Å². The van der Waals surface area contributed by atoms with E-state index in [0.717, 1.165) is 18.7 Å². The summed E-state index contributed by atoms with van der Waals surface area (Å²) in [4.78, 5) is 21.5. The van der Waals surface area contributed by atoms with E-state index in [9.17, 15) is 4.79 Å². The van der Waals surface area contributed by atoms with Gasteiger partial charge in [-0.05, 0) is 49.2 Å². The molecule has 3 aromatic rings. The number of anilines is 1. The molecule has 2 heterocycles. The van der Waals surface area contributed by atoms with Gasteiger partial charge in [-0.15, -0.1) is 0 Å². The Balaban J connectivity index is 1.31. The van der Waals surface area contributed by atoms with Crippen molar-refractivity contribution in [2.24, 2.45) is 0 Å². The van der Waals surface area contributed by atoms with Crippen LogP contribution in [0.25, 0.3) is 11.4 Å². The van der Waals surface area contributed by atoms with E-state index in [1.165, 1.54) is 16.8 Å². The third-order valence-corrected chi connectivity index (χ3v) is 6.21. The van der Waals surface area contributed by atoms with E-state index in [-0.39, 0.29) is 5.91 Å². The highest BCUT2D eigenvalue weighted by Crippen LogP contribution is 2.31. The molecule has 0 radical (unpaired) electrons. The first kappa shape index (κ1) is 22.6. The minimum atomic E-state index is 0.112. The number of benzene rings is 2. The zero-order valence-corrected chi connectivity index (χ0v) is 19.6. The summed E-state index contributed by atoms with van der Waals surface area (Å²) in [5.74, 6) is 2.24. The maximum atomic E-state index is 12.8. The highest BCUT2D eigenvalue weighted by atomic mass is 16.5. The van der Waals surface area contributed by atoms with Crippen molar-refractivity contribution >= 4 is 11.6 Å². The fourth-order valence-corrected chi connectivity index (χ4v) is 4.10. The molecule has 1 amide bonds. The molecule has 1 aliphatic heterocycles. The summed E-state index contributed by atoms with van der Waals surface area (Å²) in [5.41, 5.74) is 4.61. The van der Waals surface area contributed by atoms with Crippen LogP contribution in [-0.2, 0) is 11.2 Å². The lowest BCUT2D eigenvalue weighted by molar-refractivity contribution is -0.131. The van der Waals surface area contributed by atoms with Crippen LogP contribution >= 0.6 is 0 Å². The number of aryl methyl sites for hydroxylation is 2. The second kappa shape index (κ2) is 9.94. The van der Waals surface area contributed by atoms with E-state index in [0.29, 0.717) is 49.1 Å². The summed E-state index contributed by atoms with van der Waals surface area (Å²) in [5, 5.41) is 4.05. The molecule has 174 valence electrons. The van der Waals surface area contributed by atoms with Crippen LogP contribution in [0.3, 0.4) is 0 Å². The summed E-state index contributed by atoms with van der Waals surface area (Å²) < 4.78 is 16.0. The van der Waals surface area contributed by atoms with Crippen LogP contribution in [0, 0.1) is 13.8 Å². The lowest BCUT2D eigenvalue weighted by Crippen LogP contribution is -2.49. The number of hydrogen-bond donors (Lipinski definition) is 0. The van der Waals surface area contributed by atoms with Crippen LogP contribution in [0.1, 0.15) is 23.4 Å². The number of piperazine rings is 1. The Labute approximate surface area is 194 Å². The van der Waals surface area contributed by atoms with Crippen LogP contribution < -0.4 is 14.4 Å². The summed E-state index contributed by atoms with van der Waals surface area (Å²) in [6.07, 6.45) is 0.757. The average molecular weight is 451 g/mol. The number of rotatable bonds is 7. The second-order valence-corrected chi connectivity index (χ2v) is 8.17. The maximum absolute atomic E-state index is 12.8. The predicted octanol–water partition coefficient (Wildman–Crippen LogP) is 3.65. The molecule has 0 unspecified atom stereocenters. The molecule has 4 rings (SSSR count). The van der Waals surface area contributed by atoms with Gasteiger partial charge in [-0.2, -0.15) is 4.98 Å². The Hall–Kier alpha value is -3.55. The fraction of sp³-hybridized carbons (Fsp3) is 0.400. The van der Waals surface area contributed by atoms with E-state index in [1.807, 2.05) is 11.0 Å². The van der Waals surface area contributed by atoms with Gasteiger partial charge in [0.05, 0.1) is 14.2 Å². The van der Waals surface area contributed by atoms with E-state index in [1.54, 1.807) is 26.4 Å². The molecule has 0 aliphatic carbocycles. The highest BCUT2D eigenvalue weighted by molar-refractivity contribution is 5.76. The first-order valence-electron chi connectivity index (χ1n) is 11.1. The van der Waals surface area contributed by atoms with E-state index >= 15 is 0 Å². The molecule has 8 heteroatoms. The molecule has 1 aromatic heterocycles.